The Morgan fingerprint density at radius 1 is 1.18 bits per heavy atom. The van der Waals surface area contributed by atoms with Gasteiger partial charge in [0, 0.05) is 6.54 Å². The summed E-state index contributed by atoms with van der Waals surface area (Å²) in [6, 6.07) is 10.7. The van der Waals surface area contributed by atoms with E-state index in [-0.39, 0.29) is 11.7 Å². The van der Waals surface area contributed by atoms with Gasteiger partial charge in [-0.3, -0.25) is 4.79 Å². The lowest BCUT2D eigenvalue weighted by Crippen LogP contribution is -2.28. The van der Waals surface area contributed by atoms with E-state index in [9.17, 15) is 4.79 Å². The van der Waals surface area contributed by atoms with E-state index in [0.717, 1.165) is 19.6 Å². The van der Waals surface area contributed by atoms with E-state index in [1.54, 1.807) is 12.1 Å². The number of anilines is 1. The monoisotopic (exact) mass is 302 g/mol. The first-order valence-electron chi connectivity index (χ1n) is 7.53. The van der Waals surface area contributed by atoms with Gasteiger partial charge in [-0.05, 0) is 37.4 Å². The van der Waals surface area contributed by atoms with Gasteiger partial charge in [0.05, 0.1) is 12.0 Å². The number of amides is 1. The first kappa shape index (κ1) is 16.1. The summed E-state index contributed by atoms with van der Waals surface area (Å²) in [5.74, 6) is 0.650. The molecule has 2 aromatic rings. The molecule has 1 aromatic carbocycles. The van der Waals surface area contributed by atoms with Crippen molar-refractivity contribution in [3.8, 4) is 5.75 Å². The Morgan fingerprint density at radius 3 is 2.64 bits per heavy atom. The summed E-state index contributed by atoms with van der Waals surface area (Å²) in [5.41, 5.74) is 0.642. The first-order valence-corrected chi connectivity index (χ1v) is 7.53. The van der Waals surface area contributed by atoms with E-state index < -0.39 is 0 Å². The minimum atomic E-state index is -0.287. The number of ether oxygens (including phenoxy) is 1. The third-order valence-electron chi connectivity index (χ3n) is 3.44. The van der Waals surface area contributed by atoms with Crippen LogP contribution < -0.4 is 10.1 Å². The molecule has 1 aromatic heterocycles. The van der Waals surface area contributed by atoms with Gasteiger partial charge in [-0.15, -0.1) is 0 Å². The van der Waals surface area contributed by atoms with Crippen molar-refractivity contribution >= 4 is 11.6 Å². The summed E-state index contributed by atoms with van der Waals surface area (Å²) in [7, 11) is 0. The van der Waals surface area contributed by atoms with Gasteiger partial charge in [0.15, 0.2) is 5.76 Å². The van der Waals surface area contributed by atoms with Crippen LogP contribution in [0.3, 0.4) is 0 Å². The number of hydrogen-bond donors (Lipinski definition) is 1. The highest BCUT2D eigenvalue weighted by atomic mass is 16.5. The summed E-state index contributed by atoms with van der Waals surface area (Å²) >= 11 is 0. The van der Waals surface area contributed by atoms with Crippen molar-refractivity contribution in [1.29, 1.82) is 0 Å². The Morgan fingerprint density at radius 2 is 1.95 bits per heavy atom. The zero-order chi connectivity index (χ0) is 15.8. The zero-order valence-electron chi connectivity index (χ0n) is 13.0. The number of rotatable bonds is 8. The fraction of sp³-hybridized carbons (Fsp3) is 0.353. The van der Waals surface area contributed by atoms with Gasteiger partial charge < -0.3 is 19.4 Å². The smallest absolute Gasteiger partial charge is 0.291 e. The van der Waals surface area contributed by atoms with Gasteiger partial charge in [0.25, 0.3) is 5.91 Å². The number of carbonyl (C=O) groups excluding carboxylic acids is 1. The van der Waals surface area contributed by atoms with Crippen LogP contribution in [-0.2, 0) is 0 Å². The van der Waals surface area contributed by atoms with E-state index in [1.165, 1.54) is 6.26 Å². The highest BCUT2D eigenvalue weighted by molar-refractivity contribution is 6.03. The van der Waals surface area contributed by atoms with Crippen LogP contribution in [0, 0.1) is 0 Å². The van der Waals surface area contributed by atoms with E-state index in [2.05, 4.69) is 24.1 Å². The molecule has 0 unspecified atom stereocenters. The van der Waals surface area contributed by atoms with Gasteiger partial charge in [-0.2, -0.15) is 0 Å². The molecule has 0 spiro atoms. The first-order chi connectivity index (χ1) is 10.7. The number of carbonyl (C=O) groups is 1. The van der Waals surface area contributed by atoms with Crippen molar-refractivity contribution in [2.24, 2.45) is 0 Å². The van der Waals surface area contributed by atoms with E-state index >= 15 is 0 Å². The minimum absolute atomic E-state index is 0.276. The van der Waals surface area contributed by atoms with Crippen LogP contribution >= 0.6 is 0 Å². The highest BCUT2D eigenvalue weighted by Crippen LogP contribution is 2.24. The number of nitrogens with zero attached hydrogens (tertiary/aromatic N) is 1. The summed E-state index contributed by atoms with van der Waals surface area (Å²) in [6.07, 6.45) is 1.47. The predicted octanol–water partition coefficient (Wildman–Crippen LogP) is 3.25. The molecule has 118 valence electrons. The lowest BCUT2D eigenvalue weighted by atomic mass is 10.3. The molecule has 5 heteroatoms. The van der Waals surface area contributed by atoms with Gasteiger partial charge in [-0.25, -0.2) is 0 Å². The van der Waals surface area contributed by atoms with Gasteiger partial charge >= 0.3 is 0 Å². The number of benzene rings is 1. The second kappa shape index (κ2) is 8.24. The van der Waals surface area contributed by atoms with Crippen molar-refractivity contribution in [1.82, 2.24) is 4.90 Å². The zero-order valence-corrected chi connectivity index (χ0v) is 13.0. The maximum absolute atomic E-state index is 12.0. The van der Waals surface area contributed by atoms with Gasteiger partial charge in [0.2, 0.25) is 0 Å². The molecule has 22 heavy (non-hydrogen) atoms. The molecular formula is C17H22N2O3. The van der Waals surface area contributed by atoms with Crippen LogP contribution in [0.2, 0.25) is 0 Å². The fourth-order valence-corrected chi connectivity index (χ4v) is 2.11. The summed E-state index contributed by atoms with van der Waals surface area (Å²) in [4.78, 5) is 14.3. The van der Waals surface area contributed by atoms with Crippen molar-refractivity contribution in [2.45, 2.75) is 13.8 Å². The molecule has 0 aliphatic rings. The van der Waals surface area contributed by atoms with Crippen molar-refractivity contribution in [2.75, 3.05) is 31.6 Å². The number of nitrogens with one attached hydrogen (secondary N) is 1. The van der Waals surface area contributed by atoms with Gasteiger partial charge in [-0.1, -0.05) is 26.0 Å². The molecule has 0 aliphatic heterocycles. The highest BCUT2D eigenvalue weighted by Gasteiger charge is 2.12. The van der Waals surface area contributed by atoms with Crippen LogP contribution in [0.15, 0.2) is 47.1 Å². The maximum atomic E-state index is 12.0. The van der Waals surface area contributed by atoms with E-state index in [4.69, 9.17) is 9.15 Å². The quantitative estimate of drug-likeness (QED) is 0.813. The molecule has 1 heterocycles. The summed E-state index contributed by atoms with van der Waals surface area (Å²) in [6.45, 7) is 7.68. The van der Waals surface area contributed by atoms with Crippen LogP contribution in [0.1, 0.15) is 24.4 Å². The molecule has 0 radical (unpaired) electrons. The number of furan rings is 1. The molecule has 0 saturated heterocycles. The average molecular weight is 302 g/mol. The second-order valence-electron chi connectivity index (χ2n) is 4.80. The van der Waals surface area contributed by atoms with Crippen molar-refractivity contribution in [3.63, 3.8) is 0 Å². The average Bonchev–Trinajstić information content (AvgIpc) is 3.07. The van der Waals surface area contributed by atoms with Gasteiger partial charge in [0.1, 0.15) is 12.4 Å². The molecule has 0 bridgehead atoms. The second-order valence-corrected chi connectivity index (χ2v) is 4.80. The molecule has 5 nitrogen and oxygen atoms in total. The predicted molar refractivity (Wildman–Crippen MR) is 86.4 cm³/mol. The van der Waals surface area contributed by atoms with E-state index in [1.807, 2.05) is 24.3 Å². The van der Waals surface area contributed by atoms with Crippen LogP contribution in [0.25, 0.3) is 0 Å². The van der Waals surface area contributed by atoms with Crippen molar-refractivity contribution < 1.29 is 13.9 Å². The number of para-hydroxylation sites is 2. The van der Waals surface area contributed by atoms with E-state index in [0.29, 0.717) is 18.0 Å². The molecule has 0 atom stereocenters. The number of hydrogen-bond acceptors (Lipinski definition) is 4. The Bertz CT molecular complexity index is 577. The Hall–Kier alpha value is -2.27. The molecule has 0 aliphatic carbocycles. The lowest BCUT2D eigenvalue weighted by Gasteiger charge is -2.19. The Balaban J connectivity index is 1.96. The van der Waals surface area contributed by atoms with Crippen LogP contribution in [0.5, 0.6) is 5.75 Å². The Labute approximate surface area is 130 Å². The van der Waals surface area contributed by atoms with Crippen molar-refractivity contribution in [3.05, 3.63) is 48.4 Å². The molecule has 1 N–H and O–H groups in total. The lowest BCUT2D eigenvalue weighted by molar-refractivity contribution is 0.0996. The maximum Gasteiger partial charge on any atom is 0.291 e. The van der Waals surface area contributed by atoms with Crippen LogP contribution in [0.4, 0.5) is 5.69 Å². The minimum Gasteiger partial charge on any atom is -0.490 e. The largest absolute Gasteiger partial charge is 0.490 e. The molecule has 1 amide bonds. The fourth-order valence-electron chi connectivity index (χ4n) is 2.11. The summed E-state index contributed by atoms with van der Waals surface area (Å²) in [5, 5.41) is 2.81. The standard InChI is InChI=1S/C17H22N2O3/c1-3-19(4-2)11-13-22-15-9-6-5-8-14(15)18-17(20)16-10-7-12-21-16/h5-10,12H,3-4,11,13H2,1-2H3,(H,18,20). The van der Waals surface area contributed by atoms with Crippen LogP contribution in [-0.4, -0.2) is 37.0 Å². The molecule has 2 rings (SSSR count). The molecule has 0 saturated carbocycles. The topological polar surface area (TPSA) is 54.7 Å². The molecular weight excluding hydrogens is 280 g/mol. The SMILES string of the molecule is CCN(CC)CCOc1ccccc1NC(=O)c1ccco1. The third-order valence-corrected chi connectivity index (χ3v) is 3.44. The molecule has 0 fully saturated rings. The summed E-state index contributed by atoms with van der Waals surface area (Å²) < 4.78 is 10.9. The normalized spacial score (nSPS) is 10.7. The third kappa shape index (κ3) is 4.36. The number of likely N-dealkylation sites (N-methyl/N-ethyl adjacent to an activating group) is 1. The Kier molecular flexibility index (Phi) is 6.03.